The number of halogens is 2. The second-order valence-corrected chi connectivity index (χ2v) is 7.09. The van der Waals surface area contributed by atoms with Crippen LogP contribution in [0.1, 0.15) is 31.2 Å². The highest BCUT2D eigenvalue weighted by Gasteiger charge is 2.49. The number of rotatable bonds is 4. The largest absolute Gasteiger partial charge is 0.337 e. The minimum atomic E-state index is -0.959. The van der Waals surface area contributed by atoms with E-state index >= 15 is 0 Å². The third-order valence-electron chi connectivity index (χ3n) is 5.46. The molecule has 2 heterocycles. The molecule has 1 saturated carbocycles. The van der Waals surface area contributed by atoms with Gasteiger partial charge in [-0.25, -0.2) is 8.78 Å². The van der Waals surface area contributed by atoms with Crippen LogP contribution in [0.3, 0.4) is 0 Å². The average Bonchev–Trinajstić information content (AvgIpc) is 3.20. The monoisotopic (exact) mass is 334 g/mol. The van der Waals surface area contributed by atoms with Gasteiger partial charge in [-0.15, -0.1) is 0 Å². The first-order valence-electron chi connectivity index (χ1n) is 8.56. The Morgan fingerprint density at radius 3 is 2.71 bits per heavy atom. The molecule has 2 amide bonds. The van der Waals surface area contributed by atoms with E-state index in [0.29, 0.717) is 18.9 Å². The summed E-state index contributed by atoms with van der Waals surface area (Å²) in [5, 5.41) is 0. The van der Waals surface area contributed by atoms with E-state index in [4.69, 9.17) is 0 Å². The lowest BCUT2D eigenvalue weighted by Gasteiger charge is -2.25. The highest BCUT2D eigenvalue weighted by atomic mass is 19.2. The van der Waals surface area contributed by atoms with E-state index in [1.807, 2.05) is 4.90 Å². The fourth-order valence-electron chi connectivity index (χ4n) is 4.00. The van der Waals surface area contributed by atoms with E-state index in [0.717, 1.165) is 19.0 Å². The molecule has 3 aliphatic rings. The van der Waals surface area contributed by atoms with Crippen LogP contribution >= 0.6 is 0 Å². The number of likely N-dealkylation sites (tertiary alicyclic amines) is 2. The van der Waals surface area contributed by atoms with Crippen molar-refractivity contribution in [3.8, 4) is 0 Å². The zero-order valence-electron chi connectivity index (χ0n) is 13.4. The van der Waals surface area contributed by atoms with E-state index in [1.165, 1.54) is 25.0 Å². The summed E-state index contributed by atoms with van der Waals surface area (Å²) in [7, 11) is 0. The van der Waals surface area contributed by atoms with Crippen LogP contribution in [0.2, 0.25) is 0 Å². The van der Waals surface area contributed by atoms with Gasteiger partial charge in [0.25, 0.3) is 0 Å². The molecule has 1 aromatic carbocycles. The molecule has 0 radical (unpaired) electrons. The first-order valence-corrected chi connectivity index (χ1v) is 8.56. The molecule has 3 fully saturated rings. The maximum atomic E-state index is 13.8. The van der Waals surface area contributed by atoms with Gasteiger partial charge in [-0.3, -0.25) is 9.59 Å². The van der Waals surface area contributed by atoms with Crippen molar-refractivity contribution in [2.75, 3.05) is 13.1 Å². The van der Waals surface area contributed by atoms with Crippen LogP contribution in [0.5, 0.6) is 0 Å². The topological polar surface area (TPSA) is 40.6 Å². The van der Waals surface area contributed by atoms with Gasteiger partial charge in [0.2, 0.25) is 11.8 Å². The third-order valence-corrected chi connectivity index (χ3v) is 5.46. The van der Waals surface area contributed by atoms with Crippen molar-refractivity contribution in [3.63, 3.8) is 0 Å². The van der Waals surface area contributed by atoms with Gasteiger partial charge in [-0.1, -0.05) is 12.1 Å². The SMILES string of the molecule is O=C1C[C@H]2[C@@H](CCN2C(=O)Cc2cccc(F)c2F)N1CC1CC1. The summed E-state index contributed by atoms with van der Waals surface area (Å²) in [5.41, 5.74) is 0.0719. The molecule has 0 N–H and O–H groups in total. The molecule has 2 saturated heterocycles. The lowest BCUT2D eigenvalue weighted by molar-refractivity contribution is -0.131. The molecule has 0 spiro atoms. The van der Waals surface area contributed by atoms with Crippen molar-refractivity contribution in [2.24, 2.45) is 5.92 Å². The highest BCUT2D eigenvalue weighted by Crippen LogP contribution is 2.37. The average molecular weight is 334 g/mol. The molecule has 4 nitrogen and oxygen atoms in total. The van der Waals surface area contributed by atoms with E-state index in [2.05, 4.69) is 0 Å². The second-order valence-electron chi connectivity index (χ2n) is 7.09. The van der Waals surface area contributed by atoms with E-state index in [-0.39, 0.29) is 35.9 Å². The van der Waals surface area contributed by atoms with Crippen molar-refractivity contribution in [2.45, 2.75) is 44.2 Å². The first-order chi connectivity index (χ1) is 11.5. The van der Waals surface area contributed by atoms with Crippen LogP contribution in [0.4, 0.5) is 8.78 Å². The lowest BCUT2D eigenvalue weighted by Crippen LogP contribution is -2.41. The Kier molecular flexibility index (Phi) is 3.77. The molecule has 4 rings (SSSR count). The molecule has 6 heteroatoms. The molecule has 24 heavy (non-hydrogen) atoms. The van der Waals surface area contributed by atoms with E-state index < -0.39 is 11.6 Å². The van der Waals surface area contributed by atoms with Gasteiger partial charge in [-0.05, 0) is 31.2 Å². The summed E-state index contributed by atoms with van der Waals surface area (Å²) in [6, 6.07) is 3.87. The molecule has 2 aliphatic heterocycles. The summed E-state index contributed by atoms with van der Waals surface area (Å²) in [6.45, 7) is 1.39. The summed E-state index contributed by atoms with van der Waals surface area (Å²) < 4.78 is 27.1. The number of carbonyl (C=O) groups is 2. The molecule has 1 aliphatic carbocycles. The molecule has 0 aromatic heterocycles. The Balaban J connectivity index is 1.46. The molecular weight excluding hydrogens is 314 g/mol. The summed E-state index contributed by atoms with van der Waals surface area (Å²) in [6.07, 6.45) is 3.34. The summed E-state index contributed by atoms with van der Waals surface area (Å²) >= 11 is 0. The van der Waals surface area contributed by atoms with Crippen molar-refractivity contribution in [1.82, 2.24) is 9.80 Å². The van der Waals surface area contributed by atoms with Gasteiger partial charge in [-0.2, -0.15) is 0 Å². The van der Waals surface area contributed by atoms with Gasteiger partial charge < -0.3 is 9.80 Å². The Bertz CT molecular complexity index is 690. The van der Waals surface area contributed by atoms with Gasteiger partial charge in [0.1, 0.15) is 0 Å². The van der Waals surface area contributed by atoms with Gasteiger partial charge in [0.05, 0.1) is 18.5 Å². The minimum absolute atomic E-state index is 0.0719. The minimum Gasteiger partial charge on any atom is -0.337 e. The molecule has 1 aromatic rings. The predicted octanol–water partition coefficient (Wildman–Crippen LogP) is 2.12. The van der Waals surface area contributed by atoms with Gasteiger partial charge in [0.15, 0.2) is 11.6 Å². The Hall–Kier alpha value is -1.98. The zero-order chi connectivity index (χ0) is 16.8. The van der Waals surface area contributed by atoms with Crippen LogP contribution in [0.15, 0.2) is 18.2 Å². The van der Waals surface area contributed by atoms with Gasteiger partial charge >= 0.3 is 0 Å². The number of amides is 2. The molecule has 0 bridgehead atoms. The van der Waals surface area contributed by atoms with Crippen LogP contribution in [-0.2, 0) is 16.0 Å². The Morgan fingerprint density at radius 2 is 1.96 bits per heavy atom. The second kappa shape index (κ2) is 5.83. The molecule has 2 atom stereocenters. The third kappa shape index (κ3) is 2.68. The molecule has 0 unspecified atom stereocenters. The van der Waals surface area contributed by atoms with E-state index in [9.17, 15) is 18.4 Å². The fourth-order valence-corrected chi connectivity index (χ4v) is 4.00. The van der Waals surface area contributed by atoms with Crippen molar-refractivity contribution in [1.29, 1.82) is 0 Å². The lowest BCUT2D eigenvalue weighted by atomic mass is 10.1. The zero-order valence-corrected chi connectivity index (χ0v) is 13.4. The van der Waals surface area contributed by atoms with Crippen LogP contribution < -0.4 is 0 Å². The van der Waals surface area contributed by atoms with E-state index in [1.54, 1.807) is 4.90 Å². The Morgan fingerprint density at radius 1 is 1.17 bits per heavy atom. The number of hydrogen-bond donors (Lipinski definition) is 0. The van der Waals surface area contributed by atoms with Crippen molar-refractivity contribution < 1.29 is 18.4 Å². The maximum absolute atomic E-state index is 13.8. The van der Waals surface area contributed by atoms with Gasteiger partial charge in [0, 0.05) is 25.1 Å². The number of fused-ring (bicyclic) bond motifs is 1. The highest BCUT2D eigenvalue weighted by molar-refractivity contribution is 5.84. The number of hydrogen-bond acceptors (Lipinski definition) is 2. The smallest absolute Gasteiger partial charge is 0.227 e. The Labute approximate surface area is 139 Å². The van der Waals surface area contributed by atoms with Crippen molar-refractivity contribution in [3.05, 3.63) is 35.4 Å². The van der Waals surface area contributed by atoms with Crippen LogP contribution in [0, 0.1) is 17.6 Å². The standard InChI is InChI=1S/C18H20F2N2O2/c19-13-3-1-2-12(18(13)20)8-16(23)21-7-6-14-15(21)9-17(24)22(14)10-11-4-5-11/h1-3,11,14-15H,4-10H2/t14-,15+/m1/s1. The normalized spacial score (nSPS) is 26.2. The van der Waals surface area contributed by atoms with Crippen molar-refractivity contribution >= 4 is 11.8 Å². The van der Waals surface area contributed by atoms with Crippen LogP contribution in [-0.4, -0.2) is 46.8 Å². The molecular formula is C18H20F2N2O2. The predicted molar refractivity (Wildman–Crippen MR) is 83.0 cm³/mol. The fraction of sp³-hybridized carbons (Fsp3) is 0.556. The first kappa shape index (κ1) is 15.5. The van der Waals surface area contributed by atoms with Crippen LogP contribution in [0.25, 0.3) is 0 Å². The molecule has 128 valence electrons. The summed E-state index contributed by atoms with van der Waals surface area (Å²) in [5.74, 6) is -1.39. The number of benzene rings is 1. The number of carbonyl (C=O) groups excluding carboxylic acids is 2. The maximum Gasteiger partial charge on any atom is 0.227 e. The summed E-state index contributed by atoms with van der Waals surface area (Å²) in [4.78, 5) is 28.5. The quantitative estimate of drug-likeness (QED) is 0.846. The number of nitrogens with zero attached hydrogens (tertiary/aromatic N) is 2.